The van der Waals surface area contributed by atoms with Gasteiger partial charge in [-0.2, -0.15) is 0 Å². The average molecular weight is 232 g/mol. The summed E-state index contributed by atoms with van der Waals surface area (Å²) in [4.78, 5) is 11.7. The average Bonchev–Trinajstić information content (AvgIpc) is 2.39. The Labute approximate surface area is 103 Å². The molecule has 2 N–H and O–H groups in total. The Morgan fingerprint density at radius 2 is 1.82 bits per heavy atom. The summed E-state index contributed by atoms with van der Waals surface area (Å²) < 4.78 is 0. The second-order valence-electron chi connectivity index (χ2n) is 4.63. The van der Waals surface area contributed by atoms with Gasteiger partial charge in [0, 0.05) is 11.7 Å². The van der Waals surface area contributed by atoms with Gasteiger partial charge in [0.15, 0.2) is 0 Å². The number of para-hydroxylation sites is 1. The molecule has 0 aliphatic heterocycles. The first-order valence-corrected chi connectivity index (χ1v) is 6.43. The van der Waals surface area contributed by atoms with E-state index in [4.69, 9.17) is 0 Å². The molecule has 0 aromatic heterocycles. The van der Waals surface area contributed by atoms with Crippen LogP contribution in [0.1, 0.15) is 32.1 Å². The first-order valence-electron chi connectivity index (χ1n) is 6.43. The number of amides is 1. The van der Waals surface area contributed by atoms with E-state index >= 15 is 0 Å². The lowest BCUT2D eigenvalue weighted by atomic mass is 9.95. The van der Waals surface area contributed by atoms with Gasteiger partial charge in [-0.05, 0) is 25.0 Å². The minimum Gasteiger partial charge on any atom is -0.325 e. The van der Waals surface area contributed by atoms with E-state index in [1.165, 1.54) is 32.1 Å². The number of benzene rings is 1. The third kappa shape index (κ3) is 4.19. The molecule has 1 aliphatic carbocycles. The molecule has 1 amide bonds. The highest BCUT2D eigenvalue weighted by Crippen LogP contribution is 2.17. The van der Waals surface area contributed by atoms with Gasteiger partial charge in [0.25, 0.3) is 0 Å². The van der Waals surface area contributed by atoms with Crippen LogP contribution in [0.4, 0.5) is 5.69 Å². The van der Waals surface area contributed by atoms with Crippen molar-refractivity contribution in [2.45, 2.75) is 38.1 Å². The molecule has 0 unspecified atom stereocenters. The fourth-order valence-electron chi connectivity index (χ4n) is 2.27. The molecule has 0 saturated heterocycles. The van der Waals surface area contributed by atoms with E-state index in [2.05, 4.69) is 10.6 Å². The Hall–Kier alpha value is -1.35. The van der Waals surface area contributed by atoms with Crippen molar-refractivity contribution in [3.8, 4) is 0 Å². The van der Waals surface area contributed by atoms with Gasteiger partial charge in [-0.3, -0.25) is 4.79 Å². The van der Waals surface area contributed by atoms with Gasteiger partial charge in [-0.15, -0.1) is 0 Å². The molecular weight excluding hydrogens is 212 g/mol. The lowest BCUT2D eigenvalue weighted by molar-refractivity contribution is -0.115. The van der Waals surface area contributed by atoms with Crippen molar-refractivity contribution in [3.63, 3.8) is 0 Å². The van der Waals surface area contributed by atoms with E-state index in [1.54, 1.807) is 0 Å². The van der Waals surface area contributed by atoms with Gasteiger partial charge in [-0.1, -0.05) is 37.5 Å². The number of rotatable bonds is 4. The summed E-state index contributed by atoms with van der Waals surface area (Å²) in [5, 5.41) is 6.21. The molecule has 1 aliphatic rings. The predicted molar refractivity (Wildman–Crippen MR) is 69.9 cm³/mol. The third-order valence-corrected chi connectivity index (χ3v) is 3.21. The van der Waals surface area contributed by atoms with Gasteiger partial charge in [0.05, 0.1) is 6.54 Å². The van der Waals surface area contributed by atoms with Gasteiger partial charge in [-0.25, -0.2) is 0 Å². The molecule has 1 saturated carbocycles. The number of carbonyl (C=O) groups is 1. The molecule has 1 aromatic rings. The summed E-state index contributed by atoms with van der Waals surface area (Å²) in [6, 6.07) is 10.1. The van der Waals surface area contributed by atoms with Crippen molar-refractivity contribution in [3.05, 3.63) is 30.3 Å². The molecule has 0 spiro atoms. The fourth-order valence-corrected chi connectivity index (χ4v) is 2.27. The maximum atomic E-state index is 11.7. The van der Waals surface area contributed by atoms with Crippen LogP contribution in [0.15, 0.2) is 30.3 Å². The number of carbonyl (C=O) groups excluding carboxylic acids is 1. The maximum absolute atomic E-state index is 11.7. The zero-order valence-corrected chi connectivity index (χ0v) is 10.1. The second-order valence-corrected chi connectivity index (χ2v) is 4.63. The maximum Gasteiger partial charge on any atom is 0.238 e. The molecule has 17 heavy (non-hydrogen) atoms. The third-order valence-electron chi connectivity index (χ3n) is 3.21. The van der Waals surface area contributed by atoms with Crippen LogP contribution < -0.4 is 10.6 Å². The van der Waals surface area contributed by atoms with Crippen LogP contribution in [-0.4, -0.2) is 18.5 Å². The molecular formula is C14H20N2O. The van der Waals surface area contributed by atoms with E-state index in [-0.39, 0.29) is 5.91 Å². The van der Waals surface area contributed by atoms with Crippen LogP contribution in [0.25, 0.3) is 0 Å². The summed E-state index contributed by atoms with van der Waals surface area (Å²) in [7, 11) is 0. The molecule has 1 fully saturated rings. The molecule has 2 rings (SSSR count). The molecule has 0 radical (unpaired) electrons. The first kappa shape index (κ1) is 12.1. The van der Waals surface area contributed by atoms with Crippen molar-refractivity contribution >= 4 is 11.6 Å². The summed E-state index contributed by atoms with van der Waals surface area (Å²) in [5.41, 5.74) is 0.864. The zero-order chi connectivity index (χ0) is 11.9. The number of nitrogens with one attached hydrogen (secondary N) is 2. The van der Waals surface area contributed by atoms with Gasteiger partial charge in [0.1, 0.15) is 0 Å². The smallest absolute Gasteiger partial charge is 0.238 e. The van der Waals surface area contributed by atoms with Crippen molar-refractivity contribution < 1.29 is 4.79 Å². The Morgan fingerprint density at radius 3 is 2.53 bits per heavy atom. The molecule has 1 aromatic carbocycles. The van der Waals surface area contributed by atoms with E-state index < -0.39 is 0 Å². The second kappa shape index (κ2) is 6.40. The summed E-state index contributed by atoms with van der Waals surface area (Å²) in [6.45, 7) is 0.416. The lowest BCUT2D eigenvalue weighted by Gasteiger charge is -2.22. The molecule has 0 bridgehead atoms. The Kier molecular flexibility index (Phi) is 4.56. The molecule has 92 valence electrons. The van der Waals surface area contributed by atoms with Crippen molar-refractivity contribution in [2.24, 2.45) is 0 Å². The molecule has 3 heteroatoms. The van der Waals surface area contributed by atoms with Crippen LogP contribution in [0.3, 0.4) is 0 Å². The quantitative estimate of drug-likeness (QED) is 0.837. The summed E-state index contributed by atoms with van der Waals surface area (Å²) in [6.07, 6.45) is 6.33. The van der Waals surface area contributed by atoms with Gasteiger partial charge >= 0.3 is 0 Å². The van der Waals surface area contributed by atoms with E-state index in [9.17, 15) is 4.79 Å². The predicted octanol–water partition coefficient (Wildman–Crippen LogP) is 2.55. The van der Waals surface area contributed by atoms with Crippen LogP contribution in [0, 0.1) is 0 Å². The Balaban J connectivity index is 1.70. The highest BCUT2D eigenvalue weighted by Gasteiger charge is 2.13. The first-order chi connectivity index (χ1) is 8.34. The van der Waals surface area contributed by atoms with E-state index in [0.717, 1.165) is 5.69 Å². The van der Waals surface area contributed by atoms with Crippen LogP contribution >= 0.6 is 0 Å². The molecule has 0 atom stereocenters. The fraction of sp³-hybridized carbons (Fsp3) is 0.500. The van der Waals surface area contributed by atoms with Gasteiger partial charge in [0.2, 0.25) is 5.91 Å². The summed E-state index contributed by atoms with van der Waals surface area (Å²) >= 11 is 0. The monoisotopic (exact) mass is 232 g/mol. The SMILES string of the molecule is O=C(CNC1CCCCC1)Nc1ccccc1. The minimum absolute atomic E-state index is 0.0433. The number of hydrogen-bond acceptors (Lipinski definition) is 2. The number of anilines is 1. The largest absolute Gasteiger partial charge is 0.325 e. The van der Waals surface area contributed by atoms with Crippen molar-refractivity contribution in [1.29, 1.82) is 0 Å². The summed E-state index contributed by atoms with van der Waals surface area (Å²) in [5.74, 6) is 0.0433. The van der Waals surface area contributed by atoms with Gasteiger partial charge < -0.3 is 10.6 Å². The Bertz CT molecular complexity index is 344. The van der Waals surface area contributed by atoms with Crippen LogP contribution in [0.5, 0.6) is 0 Å². The van der Waals surface area contributed by atoms with E-state index in [0.29, 0.717) is 12.6 Å². The minimum atomic E-state index is 0.0433. The van der Waals surface area contributed by atoms with E-state index in [1.807, 2.05) is 30.3 Å². The molecule has 3 nitrogen and oxygen atoms in total. The van der Waals surface area contributed by atoms with Crippen LogP contribution in [0.2, 0.25) is 0 Å². The van der Waals surface area contributed by atoms with Crippen molar-refractivity contribution in [2.75, 3.05) is 11.9 Å². The Morgan fingerprint density at radius 1 is 1.12 bits per heavy atom. The highest BCUT2D eigenvalue weighted by molar-refractivity contribution is 5.92. The topological polar surface area (TPSA) is 41.1 Å². The highest BCUT2D eigenvalue weighted by atomic mass is 16.1. The normalized spacial score (nSPS) is 16.7. The zero-order valence-electron chi connectivity index (χ0n) is 10.1. The molecule has 0 heterocycles. The number of hydrogen-bond donors (Lipinski definition) is 2. The lowest BCUT2D eigenvalue weighted by Crippen LogP contribution is -2.37. The standard InChI is InChI=1S/C14H20N2O/c17-14(16-13-9-5-2-6-10-13)11-15-12-7-3-1-4-8-12/h2,5-6,9-10,12,15H,1,3-4,7-8,11H2,(H,16,17). The van der Waals surface area contributed by atoms with Crippen molar-refractivity contribution in [1.82, 2.24) is 5.32 Å². The van der Waals surface area contributed by atoms with Crippen LogP contribution in [-0.2, 0) is 4.79 Å².